The summed E-state index contributed by atoms with van der Waals surface area (Å²) in [6.45, 7) is 10.3. The quantitative estimate of drug-likeness (QED) is 0.768. The molecule has 2 aliphatic heterocycles. The van der Waals surface area contributed by atoms with Gasteiger partial charge in [0.1, 0.15) is 0 Å². The first kappa shape index (κ1) is 15.8. The summed E-state index contributed by atoms with van der Waals surface area (Å²) in [5.41, 5.74) is 0. The van der Waals surface area contributed by atoms with Gasteiger partial charge < -0.3 is 0 Å². The van der Waals surface area contributed by atoms with Gasteiger partial charge in [0.25, 0.3) is 0 Å². The van der Waals surface area contributed by atoms with Crippen molar-refractivity contribution in [3.63, 3.8) is 0 Å². The smallest absolute Gasteiger partial charge is 0.0223 e. The lowest BCUT2D eigenvalue weighted by molar-refractivity contribution is 0.00396. The highest BCUT2D eigenvalue weighted by atomic mass is 15.3. The first-order valence-corrected chi connectivity index (χ1v) is 9.74. The molecule has 1 saturated carbocycles. The van der Waals surface area contributed by atoms with Crippen LogP contribution in [-0.4, -0.2) is 48.1 Å². The second-order valence-corrected chi connectivity index (χ2v) is 8.13. The Labute approximate surface area is 132 Å². The summed E-state index contributed by atoms with van der Waals surface area (Å²) in [7, 11) is 0. The Hall–Kier alpha value is -0.0800. The molecule has 0 amide bonds. The van der Waals surface area contributed by atoms with Crippen molar-refractivity contribution in [3.8, 4) is 0 Å². The summed E-state index contributed by atoms with van der Waals surface area (Å²) in [4.78, 5) is 5.67. The molecule has 0 bridgehead atoms. The molecule has 3 rings (SSSR count). The summed E-state index contributed by atoms with van der Waals surface area (Å²) in [5.74, 6) is 2.01. The maximum atomic E-state index is 2.87. The number of fused-ring (bicyclic) bond motifs is 1. The van der Waals surface area contributed by atoms with Crippen molar-refractivity contribution < 1.29 is 0 Å². The molecule has 0 N–H and O–H groups in total. The second kappa shape index (κ2) is 7.46. The number of rotatable bonds is 4. The minimum absolute atomic E-state index is 0.834. The molecule has 2 nitrogen and oxygen atoms in total. The third-order valence-corrected chi connectivity index (χ3v) is 6.50. The standard InChI is InChI=1S/C19H36N2/c1-3-18-14-20-11-5-4-9-19(20)15-21(18)12-10-17-8-6-7-16(2)13-17/h16-19H,3-15H2,1-2H3. The van der Waals surface area contributed by atoms with Crippen LogP contribution in [0.4, 0.5) is 0 Å². The van der Waals surface area contributed by atoms with Crippen LogP contribution in [0.25, 0.3) is 0 Å². The van der Waals surface area contributed by atoms with E-state index in [0.29, 0.717) is 0 Å². The van der Waals surface area contributed by atoms with Crippen LogP contribution in [0.3, 0.4) is 0 Å². The molecule has 1 aliphatic carbocycles. The number of piperidine rings is 1. The summed E-state index contributed by atoms with van der Waals surface area (Å²) in [6.07, 6.45) is 13.1. The Bertz CT molecular complexity index is 317. The van der Waals surface area contributed by atoms with Crippen molar-refractivity contribution in [3.05, 3.63) is 0 Å². The monoisotopic (exact) mass is 292 g/mol. The van der Waals surface area contributed by atoms with Crippen LogP contribution < -0.4 is 0 Å². The van der Waals surface area contributed by atoms with E-state index in [0.717, 1.165) is 23.9 Å². The maximum Gasteiger partial charge on any atom is 0.0223 e. The molecular formula is C19H36N2. The maximum absolute atomic E-state index is 2.87. The minimum Gasteiger partial charge on any atom is -0.298 e. The molecule has 3 aliphatic rings. The molecule has 0 aromatic rings. The fraction of sp³-hybridized carbons (Fsp3) is 1.00. The van der Waals surface area contributed by atoms with Crippen molar-refractivity contribution in [2.75, 3.05) is 26.2 Å². The van der Waals surface area contributed by atoms with Gasteiger partial charge in [-0.05, 0) is 57.0 Å². The van der Waals surface area contributed by atoms with E-state index in [1.807, 2.05) is 0 Å². The number of piperazine rings is 1. The molecule has 2 heterocycles. The summed E-state index contributed by atoms with van der Waals surface area (Å²) >= 11 is 0. The van der Waals surface area contributed by atoms with E-state index in [-0.39, 0.29) is 0 Å². The van der Waals surface area contributed by atoms with Crippen molar-refractivity contribution in [1.82, 2.24) is 9.80 Å². The van der Waals surface area contributed by atoms with E-state index < -0.39 is 0 Å². The number of hydrogen-bond donors (Lipinski definition) is 0. The average molecular weight is 293 g/mol. The first-order chi connectivity index (χ1) is 10.3. The predicted octanol–water partition coefficient (Wildman–Crippen LogP) is 4.15. The van der Waals surface area contributed by atoms with Crippen LogP contribution in [0, 0.1) is 11.8 Å². The Balaban J connectivity index is 1.50. The largest absolute Gasteiger partial charge is 0.298 e. The highest BCUT2D eigenvalue weighted by Gasteiger charge is 2.34. The molecule has 4 unspecified atom stereocenters. The van der Waals surface area contributed by atoms with Crippen LogP contribution in [0.2, 0.25) is 0 Å². The van der Waals surface area contributed by atoms with Gasteiger partial charge in [-0.3, -0.25) is 9.80 Å². The van der Waals surface area contributed by atoms with Crippen LogP contribution in [0.1, 0.15) is 71.6 Å². The zero-order valence-corrected chi connectivity index (χ0v) is 14.4. The molecule has 0 radical (unpaired) electrons. The van der Waals surface area contributed by atoms with E-state index in [9.17, 15) is 0 Å². The Morgan fingerprint density at radius 1 is 1.00 bits per heavy atom. The molecule has 0 aromatic heterocycles. The Morgan fingerprint density at radius 3 is 2.71 bits per heavy atom. The van der Waals surface area contributed by atoms with Crippen molar-refractivity contribution >= 4 is 0 Å². The van der Waals surface area contributed by atoms with Crippen LogP contribution in [-0.2, 0) is 0 Å². The number of hydrogen-bond acceptors (Lipinski definition) is 2. The van der Waals surface area contributed by atoms with Crippen molar-refractivity contribution in [2.45, 2.75) is 83.7 Å². The van der Waals surface area contributed by atoms with E-state index in [4.69, 9.17) is 0 Å². The fourth-order valence-corrected chi connectivity index (χ4v) is 5.14. The van der Waals surface area contributed by atoms with Gasteiger partial charge in [-0.2, -0.15) is 0 Å². The molecule has 122 valence electrons. The van der Waals surface area contributed by atoms with Gasteiger partial charge in [0.05, 0.1) is 0 Å². The van der Waals surface area contributed by atoms with Gasteiger partial charge in [0.15, 0.2) is 0 Å². The van der Waals surface area contributed by atoms with Gasteiger partial charge in [0.2, 0.25) is 0 Å². The minimum atomic E-state index is 0.834. The summed E-state index contributed by atoms with van der Waals surface area (Å²) in [6, 6.07) is 1.71. The van der Waals surface area contributed by atoms with E-state index in [1.165, 1.54) is 84.0 Å². The lowest BCUT2D eigenvalue weighted by Gasteiger charge is -2.48. The van der Waals surface area contributed by atoms with Gasteiger partial charge in [0, 0.05) is 25.2 Å². The van der Waals surface area contributed by atoms with Gasteiger partial charge in [-0.15, -0.1) is 0 Å². The first-order valence-electron chi connectivity index (χ1n) is 9.74. The summed E-state index contributed by atoms with van der Waals surface area (Å²) in [5, 5.41) is 0. The van der Waals surface area contributed by atoms with Gasteiger partial charge in [-0.25, -0.2) is 0 Å². The second-order valence-electron chi connectivity index (χ2n) is 8.13. The summed E-state index contributed by atoms with van der Waals surface area (Å²) < 4.78 is 0. The van der Waals surface area contributed by atoms with Crippen LogP contribution in [0.5, 0.6) is 0 Å². The normalized spacial score (nSPS) is 39.1. The highest BCUT2D eigenvalue weighted by molar-refractivity contribution is 4.90. The van der Waals surface area contributed by atoms with Crippen LogP contribution >= 0.6 is 0 Å². The Morgan fingerprint density at radius 2 is 1.90 bits per heavy atom. The van der Waals surface area contributed by atoms with Crippen LogP contribution in [0.15, 0.2) is 0 Å². The molecule has 3 fully saturated rings. The zero-order chi connectivity index (χ0) is 14.7. The molecule has 2 saturated heterocycles. The Kier molecular flexibility index (Phi) is 5.61. The molecule has 2 heteroatoms. The topological polar surface area (TPSA) is 6.48 Å². The highest BCUT2D eigenvalue weighted by Crippen LogP contribution is 2.32. The molecule has 0 aromatic carbocycles. The molecular weight excluding hydrogens is 256 g/mol. The lowest BCUT2D eigenvalue weighted by atomic mass is 9.80. The molecule has 4 atom stereocenters. The molecule has 21 heavy (non-hydrogen) atoms. The van der Waals surface area contributed by atoms with E-state index in [1.54, 1.807) is 0 Å². The molecule has 0 spiro atoms. The van der Waals surface area contributed by atoms with Gasteiger partial charge in [-0.1, -0.05) is 39.5 Å². The SMILES string of the molecule is CCC1CN2CCCCC2CN1CCC1CCCC(C)C1. The van der Waals surface area contributed by atoms with Crippen molar-refractivity contribution in [1.29, 1.82) is 0 Å². The average Bonchev–Trinajstić information content (AvgIpc) is 2.52. The van der Waals surface area contributed by atoms with Gasteiger partial charge >= 0.3 is 0 Å². The van der Waals surface area contributed by atoms with E-state index >= 15 is 0 Å². The van der Waals surface area contributed by atoms with E-state index in [2.05, 4.69) is 23.6 Å². The van der Waals surface area contributed by atoms with Crippen molar-refractivity contribution in [2.24, 2.45) is 11.8 Å². The third-order valence-electron chi connectivity index (χ3n) is 6.50. The lowest BCUT2D eigenvalue weighted by Crippen LogP contribution is -2.59. The fourth-order valence-electron chi connectivity index (χ4n) is 5.14. The third kappa shape index (κ3) is 4.01. The zero-order valence-electron chi connectivity index (χ0n) is 14.4. The predicted molar refractivity (Wildman–Crippen MR) is 90.6 cm³/mol. The number of nitrogens with zero attached hydrogens (tertiary/aromatic N) is 2.